The SMILES string of the molecule is CCc1ccc(NC(=O)c2sc(COc3ccc(CC)cc3)nc2C)cc1. The minimum absolute atomic E-state index is 0.132. The fraction of sp³-hybridized carbons (Fsp3) is 0.273. The highest BCUT2D eigenvalue weighted by atomic mass is 32.1. The van der Waals surface area contributed by atoms with Gasteiger partial charge in [0.05, 0.1) is 5.69 Å². The maximum Gasteiger partial charge on any atom is 0.267 e. The number of benzene rings is 2. The number of aryl methyl sites for hydroxylation is 3. The predicted molar refractivity (Wildman–Crippen MR) is 111 cm³/mol. The lowest BCUT2D eigenvalue weighted by molar-refractivity contribution is 0.103. The lowest BCUT2D eigenvalue weighted by atomic mass is 10.1. The van der Waals surface area contributed by atoms with Crippen molar-refractivity contribution < 1.29 is 9.53 Å². The number of rotatable bonds is 7. The first-order chi connectivity index (χ1) is 13.1. The van der Waals surface area contributed by atoms with Crippen molar-refractivity contribution in [2.75, 3.05) is 5.32 Å². The molecule has 27 heavy (non-hydrogen) atoms. The molecule has 0 fully saturated rings. The third-order valence-corrected chi connectivity index (χ3v) is 5.49. The maximum absolute atomic E-state index is 12.6. The molecular weight excluding hydrogens is 356 g/mol. The summed E-state index contributed by atoms with van der Waals surface area (Å²) in [6.07, 6.45) is 1.98. The number of anilines is 1. The van der Waals surface area contributed by atoms with E-state index < -0.39 is 0 Å². The fourth-order valence-electron chi connectivity index (χ4n) is 2.70. The molecule has 1 aromatic heterocycles. The summed E-state index contributed by atoms with van der Waals surface area (Å²) in [5.74, 6) is 0.676. The zero-order valence-electron chi connectivity index (χ0n) is 15.9. The average Bonchev–Trinajstić information content (AvgIpc) is 3.08. The van der Waals surface area contributed by atoms with Gasteiger partial charge in [-0.1, -0.05) is 38.1 Å². The fourth-order valence-corrected chi connectivity index (χ4v) is 3.58. The molecule has 0 radical (unpaired) electrons. The van der Waals surface area contributed by atoms with Crippen molar-refractivity contribution in [3.8, 4) is 5.75 Å². The van der Waals surface area contributed by atoms with E-state index in [9.17, 15) is 4.79 Å². The lowest BCUT2D eigenvalue weighted by Crippen LogP contribution is -2.11. The van der Waals surface area contributed by atoms with Gasteiger partial charge in [-0.05, 0) is 55.2 Å². The Morgan fingerprint density at radius 2 is 1.59 bits per heavy atom. The normalized spacial score (nSPS) is 10.6. The summed E-state index contributed by atoms with van der Waals surface area (Å²) < 4.78 is 5.80. The number of hydrogen-bond acceptors (Lipinski definition) is 4. The molecule has 0 atom stereocenters. The van der Waals surface area contributed by atoms with Crippen LogP contribution in [0.15, 0.2) is 48.5 Å². The van der Waals surface area contributed by atoms with Crippen LogP contribution in [0.1, 0.15) is 45.3 Å². The van der Waals surface area contributed by atoms with Gasteiger partial charge in [0.1, 0.15) is 22.2 Å². The quantitative estimate of drug-likeness (QED) is 0.596. The molecule has 3 rings (SSSR count). The van der Waals surface area contributed by atoms with Crippen LogP contribution in [-0.2, 0) is 19.4 Å². The van der Waals surface area contributed by atoms with Crippen LogP contribution in [0, 0.1) is 6.92 Å². The van der Waals surface area contributed by atoms with E-state index in [-0.39, 0.29) is 5.91 Å². The van der Waals surface area contributed by atoms with Gasteiger partial charge in [-0.3, -0.25) is 4.79 Å². The molecule has 0 aliphatic heterocycles. The molecule has 1 N–H and O–H groups in total. The second-order valence-electron chi connectivity index (χ2n) is 6.31. The van der Waals surface area contributed by atoms with Gasteiger partial charge in [0, 0.05) is 5.69 Å². The van der Waals surface area contributed by atoms with Crippen molar-refractivity contribution in [1.29, 1.82) is 0 Å². The molecule has 0 unspecified atom stereocenters. The molecule has 3 aromatic rings. The zero-order valence-corrected chi connectivity index (χ0v) is 16.7. The Kier molecular flexibility index (Phi) is 6.24. The predicted octanol–water partition coefficient (Wildman–Crippen LogP) is 5.41. The summed E-state index contributed by atoms with van der Waals surface area (Å²) in [5.41, 5.74) is 4.04. The van der Waals surface area contributed by atoms with Crippen LogP contribution >= 0.6 is 11.3 Å². The van der Waals surface area contributed by atoms with Crippen LogP contribution < -0.4 is 10.1 Å². The lowest BCUT2D eigenvalue weighted by Gasteiger charge is -2.05. The number of carbonyl (C=O) groups excluding carboxylic acids is 1. The van der Waals surface area contributed by atoms with E-state index >= 15 is 0 Å². The van der Waals surface area contributed by atoms with Gasteiger partial charge in [0.25, 0.3) is 5.91 Å². The number of thiazole rings is 1. The van der Waals surface area contributed by atoms with E-state index in [2.05, 4.69) is 36.3 Å². The summed E-state index contributed by atoms with van der Waals surface area (Å²) >= 11 is 1.37. The van der Waals surface area contributed by atoms with Crippen LogP contribution in [0.4, 0.5) is 5.69 Å². The Hall–Kier alpha value is -2.66. The standard InChI is InChI=1S/C22H24N2O2S/c1-4-16-6-10-18(11-7-16)24-22(25)21-15(3)23-20(27-21)14-26-19-12-8-17(5-2)9-13-19/h6-13H,4-5,14H2,1-3H3,(H,24,25). The number of nitrogens with one attached hydrogen (secondary N) is 1. The van der Waals surface area contributed by atoms with Crippen molar-refractivity contribution in [3.05, 3.63) is 75.2 Å². The molecule has 0 spiro atoms. The molecule has 5 heteroatoms. The first-order valence-electron chi connectivity index (χ1n) is 9.17. The van der Waals surface area contributed by atoms with Gasteiger partial charge < -0.3 is 10.1 Å². The molecule has 4 nitrogen and oxygen atoms in total. The van der Waals surface area contributed by atoms with Crippen LogP contribution in [0.5, 0.6) is 5.75 Å². The summed E-state index contributed by atoms with van der Waals surface area (Å²) in [4.78, 5) is 17.7. The smallest absolute Gasteiger partial charge is 0.267 e. The van der Waals surface area contributed by atoms with Gasteiger partial charge in [0.2, 0.25) is 0 Å². The summed E-state index contributed by atoms with van der Waals surface area (Å²) in [7, 11) is 0. The van der Waals surface area contributed by atoms with Crippen molar-refractivity contribution >= 4 is 22.9 Å². The van der Waals surface area contributed by atoms with Crippen LogP contribution in [0.3, 0.4) is 0 Å². The minimum atomic E-state index is -0.132. The molecule has 140 valence electrons. The monoisotopic (exact) mass is 380 g/mol. The summed E-state index contributed by atoms with van der Waals surface area (Å²) in [6.45, 7) is 6.44. The molecule has 0 saturated heterocycles. The van der Waals surface area contributed by atoms with Crippen molar-refractivity contribution in [2.45, 2.75) is 40.2 Å². The second kappa shape index (κ2) is 8.82. The Balaban J connectivity index is 1.62. The minimum Gasteiger partial charge on any atom is -0.486 e. The van der Waals surface area contributed by atoms with Gasteiger partial charge in [-0.25, -0.2) is 4.98 Å². The van der Waals surface area contributed by atoms with Gasteiger partial charge in [-0.2, -0.15) is 0 Å². The van der Waals surface area contributed by atoms with Gasteiger partial charge in [-0.15, -0.1) is 11.3 Å². The van der Waals surface area contributed by atoms with Gasteiger partial charge in [0.15, 0.2) is 0 Å². The van der Waals surface area contributed by atoms with Gasteiger partial charge >= 0.3 is 0 Å². The molecule has 1 amide bonds. The number of hydrogen-bond donors (Lipinski definition) is 1. The number of carbonyl (C=O) groups is 1. The molecule has 1 heterocycles. The first-order valence-corrected chi connectivity index (χ1v) is 9.99. The summed E-state index contributed by atoms with van der Waals surface area (Å²) in [6, 6.07) is 16.0. The number of nitrogens with zero attached hydrogens (tertiary/aromatic N) is 1. The molecule has 0 bridgehead atoms. The highest BCUT2D eigenvalue weighted by Crippen LogP contribution is 2.22. The molecule has 0 aliphatic rings. The largest absolute Gasteiger partial charge is 0.486 e. The van der Waals surface area contributed by atoms with Crippen LogP contribution in [-0.4, -0.2) is 10.9 Å². The molecule has 0 saturated carbocycles. The Morgan fingerprint density at radius 3 is 2.19 bits per heavy atom. The molecule has 2 aromatic carbocycles. The molecular formula is C22H24N2O2S. The van der Waals surface area contributed by atoms with Crippen molar-refractivity contribution in [1.82, 2.24) is 4.98 Å². The maximum atomic E-state index is 12.6. The van der Waals surface area contributed by atoms with E-state index in [4.69, 9.17) is 4.74 Å². The highest BCUT2D eigenvalue weighted by molar-refractivity contribution is 7.13. The Bertz CT molecular complexity index is 899. The van der Waals surface area contributed by atoms with Crippen LogP contribution in [0.2, 0.25) is 0 Å². The number of aromatic nitrogens is 1. The van der Waals surface area contributed by atoms with E-state index in [1.54, 1.807) is 0 Å². The molecule has 0 aliphatic carbocycles. The average molecular weight is 381 g/mol. The third kappa shape index (κ3) is 4.95. The Morgan fingerprint density at radius 1 is 1.00 bits per heavy atom. The second-order valence-corrected chi connectivity index (χ2v) is 7.40. The van der Waals surface area contributed by atoms with E-state index in [0.29, 0.717) is 11.5 Å². The number of ether oxygens (including phenoxy) is 1. The van der Waals surface area contributed by atoms with Crippen LogP contribution in [0.25, 0.3) is 0 Å². The third-order valence-electron chi connectivity index (χ3n) is 4.36. The van der Waals surface area contributed by atoms with E-state index in [1.165, 1.54) is 22.5 Å². The van der Waals surface area contributed by atoms with Crippen molar-refractivity contribution in [2.24, 2.45) is 0 Å². The first kappa shape index (κ1) is 19.1. The zero-order chi connectivity index (χ0) is 19.2. The highest BCUT2D eigenvalue weighted by Gasteiger charge is 2.16. The van der Waals surface area contributed by atoms with E-state index in [0.717, 1.165) is 35.0 Å². The Labute approximate surface area is 164 Å². The van der Waals surface area contributed by atoms with Crippen molar-refractivity contribution in [3.63, 3.8) is 0 Å². The number of amides is 1. The summed E-state index contributed by atoms with van der Waals surface area (Å²) in [5, 5.41) is 3.73. The topological polar surface area (TPSA) is 51.2 Å². The van der Waals surface area contributed by atoms with E-state index in [1.807, 2.05) is 43.3 Å².